The molecule has 34 heavy (non-hydrogen) atoms. The van der Waals surface area contributed by atoms with Gasteiger partial charge in [0.05, 0.1) is 0 Å². The van der Waals surface area contributed by atoms with Crippen molar-refractivity contribution in [3.8, 4) is 23.0 Å². The summed E-state index contributed by atoms with van der Waals surface area (Å²) in [6, 6.07) is 18.1. The molecule has 0 saturated heterocycles. The van der Waals surface area contributed by atoms with E-state index in [1.165, 1.54) is 119 Å². The first-order chi connectivity index (χ1) is 16.8. The molecule has 0 atom stereocenters. The largest absolute Gasteiger partial charge is 0.0945 e. The van der Waals surface area contributed by atoms with Crippen LogP contribution < -0.4 is 0 Å². The van der Waals surface area contributed by atoms with Crippen molar-refractivity contribution in [2.45, 2.75) is 117 Å². The topological polar surface area (TPSA) is 0 Å². The lowest BCUT2D eigenvalue weighted by Gasteiger charge is -2.25. The first kappa shape index (κ1) is 26.6. The lowest BCUT2D eigenvalue weighted by molar-refractivity contribution is 0.294. The number of benzene rings is 2. The van der Waals surface area contributed by atoms with Gasteiger partial charge in [0.15, 0.2) is 0 Å². The Balaban J connectivity index is 1.40. The average molecular weight is 457 g/mol. The van der Waals surface area contributed by atoms with Crippen LogP contribution in [-0.4, -0.2) is 0 Å². The van der Waals surface area contributed by atoms with E-state index >= 15 is 0 Å². The zero-order valence-electron chi connectivity index (χ0n) is 22.1. The van der Waals surface area contributed by atoms with Gasteiger partial charge in [0.2, 0.25) is 0 Å². The third-order valence-electron chi connectivity index (χ3n) is 7.72. The SMILES string of the molecule is CCCCCCCc1ccc(-c2ccc(C#C[C@H]3CC[C@H](CCCCCCC)CC3)cc2)cc1. The molecule has 1 saturated carbocycles. The second kappa shape index (κ2) is 15.8. The molecule has 0 bridgehead atoms. The van der Waals surface area contributed by atoms with Crippen LogP contribution in [0.25, 0.3) is 11.1 Å². The van der Waals surface area contributed by atoms with Crippen molar-refractivity contribution >= 4 is 0 Å². The van der Waals surface area contributed by atoms with Gasteiger partial charge in [-0.2, -0.15) is 0 Å². The summed E-state index contributed by atoms with van der Waals surface area (Å²) in [6.45, 7) is 4.58. The normalized spacial score (nSPS) is 17.8. The smallest absolute Gasteiger partial charge is 0.0245 e. The summed E-state index contributed by atoms with van der Waals surface area (Å²) in [5.41, 5.74) is 5.22. The van der Waals surface area contributed by atoms with Gasteiger partial charge in [-0.3, -0.25) is 0 Å². The molecule has 0 spiro atoms. The van der Waals surface area contributed by atoms with Crippen LogP contribution in [0.15, 0.2) is 48.5 Å². The summed E-state index contributed by atoms with van der Waals surface area (Å²) in [6.07, 6.45) is 21.9. The molecule has 1 aliphatic carbocycles. The predicted octanol–water partition coefficient (Wildman–Crippen LogP) is 10.4. The van der Waals surface area contributed by atoms with Gasteiger partial charge in [0, 0.05) is 11.5 Å². The molecule has 0 N–H and O–H groups in total. The van der Waals surface area contributed by atoms with Crippen molar-refractivity contribution in [2.24, 2.45) is 11.8 Å². The third kappa shape index (κ3) is 9.70. The van der Waals surface area contributed by atoms with Crippen LogP contribution in [-0.2, 0) is 6.42 Å². The van der Waals surface area contributed by atoms with Crippen molar-refractivity contribution in [3.05, 3.63) is 59.7 Å². The van der Waals surface area contributed by atoms with Crippen LogP contribution in [0.1, 0.15) is 121 Å². The van der Waals surface area contributed by atoms with Crippen molar-refractivity contribution in [1.82, 2.24) is 0 Å². The molecular weight excluding hydrogens is 408 g/mol. The van der Waals surface area contributed by atoms with E-state index in [1.807, 2.05) is 0 Å². The molecule has 3 rings (SSSR count). The second-order valence-corrected chi connectivity index (χ2v) is 10.6. The Morgan fingerprint density at radius 1 is 0.618 bits per heavy atom. The van der Waals surface area contributed by atoms with Gasteiger partial charge in [-0.1, -0.05) is 126 Å². The fraction of sp³-hybridized carbons (Fsp3) is 0.588. The van der Waals surface area contributed by atoms with Gasteiger partial charge in [-0.05, 0) is 73.3 Å². The van der Waals surface area contributed by atoms with Crippen LogP contribution in [0.3, 0.4) is 0 Å². The Kier molecular flexibility index (Phi) is 12.4. The highest BCUT2D eigenvalue weighted by molar-refractivity contribution is 5.64. The van der Waals surface area contributed by atoms with Crippen molar-refractivity contribution in [1.29, 1.82) is 0 Å². The maximum Gasteiger partial charge on any atom is 0.0245 e. The summed E-state index contributed by atoms with van der Waals surface area (Å²) in [5.74, 6) is 8.63. The highest BCUT2D eigenvalue weighted by atomic mass is 14.2. The van der Waals surface area contributed by atoms with E-state index < -0.39 is 0 Å². The minimum atomic E-state index is 0.602. The van der Waals surface area contributed by atoms with E-state index in [4.69, 9.17) is 0 Å². The van der Waals surface area contributed by atoms with Crippen LogP contribution >= 0.6 is 0 Å². The number of rotatable bonds is 13. The van der Waals surface area contributed by atoms with Gasteiger partial charge < -0.3 is 0 Å². The summed E-state index contributed by atoms with van der Waals surface area (Å²) in [5, 5.41) is 0. The van der Waals surface area contributed by atoms with E-state index in [0.717, 1.165) is 11.5 Å². The second-order valence-electron chi connectivity index (χ2n) is 10.6. The number of unbranched alkanes of at least 4 members (excludes halogenated alkanes) is 8. The van der Waals surface area contributed by atoms with E-state index in [0.29, 0.717) is 5.92 Å². The molecular formula is C34H48. The van der Waals surface area contributed by atoms with Crippen LogP contribution in [0, 0.1) is 23.7 Å². The highest BCUT2D eigenvalue weighted by Gasteiger charge is 2.19. The molecule has 0 heterocycles. The first-order valence-electron chi connectivity index (χ1n) is 14.5. The predicted molar refractivity (Wildman–Crippen MR) is 150 cm³/mol. The molecule has 2 aromatic rings. The molecule has 0 nitrogen and oxygen atoms in total. The Hall–Kier alpha value is -2.00. The zero-order chi connectivity index (χ0) is 23.8. The minimum absolute atomic E-state index is 0.602. The lowest BCUT2D eigenvalue weighted by Crippen LogP contribution is -2.13. The minimum Gasteiger partial charge on any atom is -0.0945 e. The Morgan fingerprint density at radius 2 is 1.18 bits per heavy atom. The van der Waals surface area contributed by atoms with Gasteiger partial charge in [0.25, 0.3) is 0 Å². The monoisotopic (exact) mass is 456 g/mol. The summed E-state index contributed by atoms with van der Waals surface area (Å²) in [7, 11) is 0. The summed E-state index contributed by atoms with van der Waals surface area (Å²) in [4.78, 5) is 0. The standard InChI is InChI=1S/C34H48/c1-3-5-7-9-11-13-29-15-17-31(18-16-29)19-20-32-23-27-34(28-24-32)33-25-21-30(22-26-33)14-12-10-8-6-4-2/h21-29,31H,3-18H2,1-2H3/t29-,31-. The number of hydrogen-bond donors (Lipinski definition) is 0. The maximum atomic E-state index is 3.59. The first-order valence-corrected chi connectivity index (χ1v) is 14.5. The summed E-state index contributed by atoms with van der Waals surface area (Å²) < 4.78 is 0. The van der Waals surface area contributed by atoms with Crippen LogP contribution in [0.2, 0.25) is 0 Å². The summed E-state index contributed by atoms with van der Waals surface area (Å²) >= 11 is 0. The Morgan fingerprint density at radius 3 is 1.79 bits per heavy atom. The Bertz CT molecular complexity index is 838. The zero-order valence-corrected chi connectivity index (χ0v) is 22.1. The quantitative estimate of drug-likeness (QED) is 0.208. The maximum absolute atomic E-state index is 3.59. The average Bonchev–Trinajstić information content (AvgIpc) is 2.89. The highest BCUT2D eigenvalue weighted by Crippen LogP contribution is 2.32. The van der Waals surface area contributed by atoms with Gasteiger partial charge in [0.1, 0.15) is 0 Å². The third-order valence-corrected chi connectivity index (χ3v) is 7.72. The molecule has 0 amide bonds. The number of hydrogen-bond acceptors (Lipinski definition) is 0. The lowest BCUT2D eigenvalue weighted by atomic mass is 9.80. The van der Waals surface area contributed by atoms with E-state index in [-0.39, 0.29) is 0 Å². The Labute approximate surface area is 211 Å². The van der Waals surface area contributed by atoms with E-state index in [2.05, 4.69) is 74.2 Å². The number of aryl methyl sites for hydroxylation is 1. The molecule has 1 fully saturated rings. The van der Waals surface area contributed by atoms with E-state index in [9.17, 15) is 0 Å². The van der Waals surface area contributed by atoms with Crippen molar-refractivity contribution in [2.75, 3.05) is 0 Å². The van der Waals surface area contributed by atoms with Crippen molar-refractivity contribution in [3.63, 3.8) is 0 Å². The van der Waals surface area contributed by atoms with Crippen LogP contribution in [0.5, 0.6) is 0 Å². The van der Waals surface area contributed by atoms with Gasteiger partial charge in [-0.15, -0.1) is 0 Å². The van der Waals surface area contributed by atoms with E-state index in [1.54, 1.807) is 0 Å². The van der Waals surface area contributed by atoms with Crippen molar-refractivity contribution < 1.29 is 0 Å². The molecule has 2 aromatic carbocycles. The fourth-order valence-corrected chi connectivity index (χ4v) is 5.36. The molecule has 0 heteroatoms. The van der Waals surface area contributed by atoms with Gasteiger partial charge in [-0.25, -0.2) is 0 Å². The van der Waals surface area contributed by atoms with Gasteiger partial charge >= 0.3 is 0 Å². The fourth-order valence-electron chi connectivity index (χ4n) is 5.36. The molecule has 0 radical (unpaired) electrons. The molecule has 0 unspecified atom stereocenters. The molecule has 0 aromatic heterocycles. The molecule has 0 aliphatic heterocycles. The molecule has 184 valence electrons. The van der Waals surface area contributed by atoms with Crippen LogP contribution in [0.4, 0.5) is 0 Å². The molecule has 1 aliphatic rings.